The van der Waals surface area contributed by atoms with Crippen LogP contribution in [0.15, 0.2) is 40.9 Å². The molecule has 2 rings (SSSR count). The molecule has 1 N–H and O–H groups in total. The smallest absolute Gasteiger partial charge is 0.258 e. The number of para-hydroxylation sites is 1. The molecule has 0 atom stereocenters. The number of hydrogen-bond acceptors (Lipinski definition) is 6. The number of nitro groups is 1. The number of nitro benzene ring substituents is 1. The van der Waals surface area contributed by atoms with Crippen molar-refractivity contribution in [2.45, 2.75) is 0 Å². The summed E-state index contributed by atoms with van der Waals surface area (Å²) in [4.78, 5) is 14.3. The number of nitrogens with zero attached hydrogens (tertiary/aromatic N) is 3. The molecule has 1 aromatic heterocycles. The van der Waals surface area contributed by atoms with Crippen molar-refractivity contribution in [3.63, 3.8) is 0 Å². The van der Waals surface area contributed by atoms with Crippen LogP contribution in [0.3, 0.4) is 0 Å². The minimum absolute atomic E-state index is 0.0252. The summed E-state index contributed by atoms with van der Waals surface area (Å²) in [7, 11) is 0. The third-order valence-corrected chi connectivity index (χ3v) is 2.61. The zero-order valence-electron chi connectivity index (χ0n) is 8.61. The Kier molecular flexibility index (Phi) is 3.41. The number of anilines is 1. The summed E-state index contributed by atoms with van der Waals surface area (Å²) in [5, 5.41) is 17.1. The molecule has 0 saturated carbocycles. The van der Waals surface area contributed by atoms with Crippen LogP contribution in [-0.2, 0) is 0 Å². The molecular formula is C10H8N4O2S. The van der Waals surface area contributed by atoms with Crippen molar-refractivity contribution in [1.82, 2.24) is 4.98 Å². The van der Waals surface area contributed by atoms with Crippen LogP contribution in [0.5, 0.6) is 0 Å². The van der Waals surface area contributed by atoms with Crippen LogP contribution in [-0.4, -0.2) is 16.1 Å². The number of thiazole rings is 1. The average molecular weight is 248 g/mol. The predicted octanol–water partition coefficient (Wildman–Crippen LogP) is 2.50. The van der Waals surface area contributed by atoms with Gasteiger partial charge in [-0.2, -0.15) is 5.10 Å². The molecule has 6 nitrogen and oxygen atoms in total. The maximum absolute atomic E-state index is 10.7. The quantitative estimate of drug-likeness (QED) is 0.512. The van der Waals surface area contributed by atoms with Crippen LogP contribution < -0.4 is 5.43 Å². The van der Waals surface area contributed by atoms with E-state index in [2.05, 4.69) is 15.5 Å². The summed E-state index contributed by atoms with van der Waals surface area (Å²) in [5.74, 6) is 0. The zero-order valence-corrected chi connectivity index (χ0v) is 9.42. The number of rotatable bonds is 4. The third kappa shape index (κ3) is 2.85. The summed E-state index contributed by atoms with van der Waals surface area (Å²) in [6.07, 6.45) is 3.05. The standard InChI is InChI=1S/C10H8N4O2S/c15-14(16)9-4-2-1-3-8(9)7-12-13-10-11-5-6-17-10/h1-7H,(H,11,13)/b12-7-. The van der Waals surface area contributed by atoms with Crippen molar-refractivity contribution in [1.29, 1.82) is 0 Å². The Balaban J connectivity index is 2.13. The van der Waals surface area contributed by atoms with Gasteiger partial charge >= 0.3 is 0 Å². The van der Waals surface area contributed by atoms with E-state index in [4.69, 9.17) is 0 Å². The largest absolute Gasteiger partial charge is 0.278 e. The van der Waals surface area contributed by atoms with Gasteiger partial charge in [-0.3, -0.25) is 15.5 Å². The zero-order chi connectivity index (χ0) is 12.1. The van der Waals surface area contributed by atoms with Crippen molar-refractivity contribution < 1.29 is 4.92 Å². The van der Waals surface area contributed by atoms with Crippen molar-refractivity contribution >= 4 is 28.4 Å². The fraction of sp³-hybridized carbons (Fsp3) is 0. The Morgan fingerprint density at radius 3 is 3.00 bits per heavy atom. The fourth-order valence-electron chi connectivity index (χ4n) is 1.20. The highest BCUT2D eigenvalue weighted by Crippen LogP contribution is 2.15. The van der Waals surface area contributed by atoms with Crippen LogP contribution in [0.25, 0.3) is 0 Å². The Morgan fingerprint density at radius 2 is 2.29 bits per heavy atom. The van der Waals surface area contributed by atoms with E-state index < -0.39 is 4.92 Å². The number of benzene rings is 1. The Morgan fingerprint density at radius 1 is 1.47 bits per heavy atom. The van der Waals surface area contributed by atoms with Gasteiger partial charge in [0, 0.05) is 17.6 Å². The van der Waals surface area contributed by atoms with E-state index in [-0.39, 0.29) is 5.69 Å². The van der Waals surface area contributed by atoms with E-state index in [9.17, 15) is 10.1 Å². The van der Waals surface area contributed by atoms with Gasteiger partial charge in [-0.15, -0.1) is 11.3 Å². The second-order valence-corrected chi connectivity index (χ2v) is 3.92. The second kappa shape index (κ2) is 5.17. The first-order valence-corrected chi connectivity index (χ1v) is 5.57. The Hall–Kier alpha value is -2.28. The summed E-state index contributed by atoms with van der Waals surface area (Å²) in [6.45, 7) is 0. The van der Waals surface area contributed by atoms with Crippen LogP contribution in [0.2, 0.25) is 0 Å². The molecule has 2 aromatic rings. The van der Waals surface area contributed by atoms with Crippen molar-refractivity contribution in [2.75, 3.05) is 5.43 Å². The maximum atomic E-state index is 10.7. The molecular weight excluding hydrogens is 240 g/mol. The number of hydrazone groups is 1. The van der Waals surface area contributed by atoms with E-state index in [1.807, 2.05) is 5.38 Å². The van der Waals surface area contributed by atoms with Gasteiger partial charge in [0.15, 0.2) is 0 Å². The van der Waals surface area contributed by atoms with Crippen molar-refractivity contribution in [3.8, 4) is 0 Å². The minimum atomic E-state index is -0.440. The minimum Gasteiger partial charge on any atom is -0.258 e. The molecule has 0 aliphatic rings. The lowest BCUT2D eigenvalue weighted by atomic mass is 10.2. The molecule has 0 spiro atoms. The van der Waals surface area contributed by atoms with E-state index >= 15 is 0 Å². The molecule has 86 valence electrons. The molecule has 0 bridgehead atoms. The molecule has 0 amide bonds. The van der Waals surface area contributed by atoms with Crippen molar-refractivity contribution in [3.05, 3.63) is 51.5 Å². The SMILES string of the molecule is O=[N+]([O-])c1ccccc1/C=N\Nc1nccs1. The van der Waals surface area contributed by atoms with E-state index in [1.54, 1.807) is 24.4 Å². The van der Waals surface area contributed by atoms with Gasteiger partial charge < -0.3 is 0 Å². The van der Waals surface area contributed by atoms with Gasteiger partial charge in [-0.05, 0) is 6.07 Å². The Bertz CT molecular complexity index is 539. The number of hydrogen-bond donors (Lipinski definition) is 1. The lowest BCUT2D eigenvalue weighted by Crippen LogP contribution is -1.95. The van der Waals surface area contributed by atoms with Gasteiger partial charge in [0.25, 0.3) is 5.69 Å². The highest BCUT2D eigenvalue weighted by atomic mass is 32.1. The Labute approximate surface area is 101 Å². The molecule has 17 heavy (non-hydrogen) atoms. The second-order valence-electron chi connectivity index (χ2n) is 3.02. The number of nitrogens with one attached hydrogen (secondary N) is 1. The topological polar surface area (TPSA) is 80.4 Å². The average Bonchev–Trinajstić information content (AvgIpc) is 2.82. The normalized spacial score (nSPS) is 10.6. The molecule has 1 aromatic carbocycles. The molecule has 0 radical (unpaired) electrons. The molecule has 0 aliphatic carbocycles. The molecule has 1 heterocycles. The van der Waals surface area contributed by atoms with Crippen molar-refractivity contribution in [2.24, 2.45) is 5.10 Å². The summed E-state index contributed by atoms with van der Waals surface area (Å²) >= 11 is 1.40. The molecule has 0 aliphatic heterocycles. The lowest BCUT2D eigenvalue weighted by Gasteiger charge is -1.96. The fourth-order valence-corrected chi connectivity index (χ4v) is 1.68. The lowest BCUT2D eigenvalue weighted by molar-refractivity contribution is -0.385. The molecule has 0 saturated heterocycles. The molecule has 7 heteroatoms. The van der Waals surface area contributed by atoms with E-state index in [0.29, 0.717) is 10.7 Å². The summed E-state index contributed by atoms with van der Waals surface area (Å²) < 4.78 is 0. The first-order chi connectivity index (χ1) is 8.27. The van der Waals surface area contributed by atoms with Crippen LogP contribution in [0.1, 0.15) is 5.56 Å². The first-order valence-electron chi connectivity index (χ1n) is 4.69. The van der Waals surface area contributed by atoms with Gasteiger partial charge in [0.05, 0.1) is 16.7 Å². The number of aromatic nitrogens is 1. The van der Waals surface area contributed by atoms with E-state index in [0.717, 1.165) is 0 Å². The van der Waals surface area contributed by atoms with Gasteiger partial charge in [0.2, 0.25) is 5.13 Å². The summed E-state index contributed by atoms with van der Waals surface area (Å²) in [5.41, 5.74) is 3.16. The third-order valence-electron chi connectivity index (χ3n) is 1.93. The molecule has 0 fully saturated rings. The molecule has 0 unspecified atom stereocenters. The van der Waals surface area contributed by atoms with Gasteiger partial charge in [0.1, 0.15) is 0 Å². The van der Waals surface area contributed by atoms with Gasteiger partial charge in [-0.25, -0.2) is 4.98 Å². The highest BCUT2D eigenvalue weighted by molar-refractivity contribution is 7.13. The highest BCUT2D eigenvalue weighted by Gasteiger charge is 2.09. The first kappa shape index (κ1) is 11.2. The summed E-state index contributed by atoms with van der Waals surface area (Å²) in [6, 6.07) is 6.40. The van der Waals surface area contributed by atoms with Crippen LogP contribution >= 0.6 is 11.3 Å². The van der Waals surface area contributed by atoms with Crippen LogP contribution in [0.4, 0.5) is 10.8 Å². The monoisotopic (exact) mass is 248 g/mol. The van der Waals surface area contributed by atoms with E-state index in [1.165, 1.54) is 23.6 Å². The van der Waals surface area contributed by atoms with Gasteiger partial charge in [-0.1, -0.05) is 12.1 Å². The predicted molar refractivity (Wildman–Crippen MR) is 66.4 cm³/mol. The maximum Gasteiger partial charge on any atom is 0.278 e. The van der Waals surface area contributed by atoms with Crippen LogP contribution in [0, 0.1) is 10.1 Å².